The summed E-state index contributed by atoms with van der Waals surface area (Å²) >= 11 is 0. The van der Waals surface area contributed by atoms with E-state index in [1.807, 2.05) is 6.20 Å². The first-order valence-corrected chi connectivity index (χ1v) is 10.6. The van der Waals surface area contributed by atoms with Crippen LogP contribution in [0.2, 0.25) is 18.1 Å². The van der Waals surface area contributed by atoms with Crippen LogP contribution in [0.5, 0.6) is 0 Å². The van der Waals surface area contributed by atoms with Crippen molar-refractivity contribution in [3.8, 4) is 11.3 Å². The van der Waals surface area contributed by atoms with Crippen LogP contribution in [0.4, 0.5) is 0 Å². The summed E-state index contributed by atoms with van der Waals surface area (Å²) < 4.78 is 2.52. The summed E-state index contributed by atoms with van der Waals surface area (Å²) in [7, 11) is -1.69. The second kappa shape index (κ2) is 5.06. The van der Waals surface area contributed by atoms with Crippen molar-refractivity contribution in [3.63, 3.8) is 0 Å². The van der Waals surface area contributed by atoms with E-state index in [1.54, 1.807) is 12.4 Å². The van der Waals surface area contributed by atoms with E-state index in [0.29, 0.717) is 0 Å². The van der Waals surface area contributed by atoms with Gasteiger partial charge in [0.1, 0.15) is 0 Å². The average Bonchev–Trinajstić information content (AvgIpc) is 2.87. The molecule has 0 aliphatic rings. The van der Waals surface area contributed by atoms with Crippen molar-refractivity contribution in [1.82, 2.24) is 14.2 Å². The Bertz CT molecular complexity index is 798. The molecule has 3 aromatic rings. The van der Waals surface area contributed by atoms with E-state index in [-0.39, 0.29) is 5.04 Å². The first-order chi connectivity index (χ1) is 10.3. The highest BCUT2D eigenvalue weighted by Gasteiger charge is 2.38. The minimum atomic E-state index is -1.69. The molecule has 0 fully saturated rings. The van der Waals surface area contributed by atoms with E-state index in [9.17, 15) is 0 Å². The highest BCUT2D eigenvalue weighted by atomic mass is 28.3. The molecule has 0 saturated carbocycles. The van der Waals surface area contributed by atoms with Crippen LogP contribution in [0.1, 0.15) is 20.8 Å². The number of rotatable bonds is 2. The maximum Gasteiger partial charge on any atom is 0.161 e. The second-order valence-corrected chi connectivity index (χ2v) is 12.4. The van der Waals surface area contributed by atoms with Crippen molar-refractivity contribution < 1.29 is 0 Å². The molecule has 0 amide bonds. The summed E-state index contributed by atoms with van der Waals surface area (Å²) in [5.74, 6) is 0. The monoisotopic (exact) mass is 309 g/mol. The van der Waals surface area contributed by atoms with Crippen molar-refractivity contribution in [1.29, 1.82) is 0 Å². The molecule has 1 aromatic carbocycles. The Kier molecular flexibility index (Phi) is 3.44. The summed E-state index contributed by atoms with van der Waals surface area (Å²) in [6.07, 6.45) is 7.61. The number of fused-ring (bicyclic) bond motifs is 1. The molecule has 0 aliphatic carbocycles. The molecule has 0 bridgehead atoms. The quantitative estimate of drug-likeness (QED) is 0.627. The SMILES string of the molecule is CC(C)(C)[Si](C)(C)n1cc(-c2cnccn2)c2ccccc21. The molecule has 0 radical (unpaired) electrons. The molecule has 0 N–H and O–H groups in total. The molecule has 22 heavy (non-hydrogen) atoms. The predicted octanol–water partition coefficient (Wildman–Crippen LogP) is 4.95. The van der Waals surface area contributed by atoms with Crippen LogP contribution in [-0.4, -0.2) is 22.4 Å². The minimum Gasteiger partial charge on any atom is -0.373 e. The number of hydrogen-bond acceptors (Lipinski definition) is 2. The third kappa shape index (κ3) is 2.27. The third-order valence-corrected chi connectivity index (χ3v) is 10.2. The Hall–Kier alpha value is -1.94. The molecule has 3 rings (SSSR count). The molecule has 2 heterocycles. The van der Waals surface area contributed by atoms with Crippen molar-refractivity contribution in [2.75, 3.05) is 0 Å². The zero-order chi connectivity index (χ0) is 16.0. The molecule has 0 aliphatic heterocycles. The smallest absolute Gasteiger partial charge is 0.161 e. The summed E-state index contributed by atoms with van der Waals surface area (Å²) in [4.78, 5) is 8.72. The topological polar surface area (TPSA) is 30.7 Å². The summed E-state index contributed by atoms with van der Waals surface area (Å²) in [6, 6.07) is 8.61. The van der Waals surface area contributed by atoms with E-state index in [2.05, 4.69) is 78.5 Å². The fourth-order valence-corrected chi connectivity index (χ4v) is 4.62. The van der Waals surface area contributed by atoms with Crippen LogP contribution in [0.25, 0.3) is 22.2 Å². The van der Waals surface area contributed by atoms with Gasteiger partial charge in [-0.2, -0.15) is 0 Å². The standard InChI is InChI=1S/C18H23N3Si/c1-18(2,3)22(4,5)21-13-15(16-12-19-10-11-20-16)14-8-6-7-9-17(14)21/h6-13H,1-5H3. The zero-order valence-electron chi connectivity index (χ0n) is 14.0. The lowest BCUT2D eigenvalue weighted by Gasteiger charge is -2.38. The molecular weight excluding hydrogens is 286 g/mol. The van der Waals surface area contributed by atoms with E-state index in [1.165, 1.54) is 16.5 Å². The van der Waals surface area contributed by atoms with Gasteiger partial charge in [0.25, 0.3) is 0 Å². The maximum absolute atomic E-state index is 4.50. The lowest BCUT2D eigenvalue weighted by atomic mass is 10.1. The number of nitrogens with zero attached hydrogens (tertiary/aromatic N) is 3. The molecule has 0 unspecified atom stereocenters. The molecule has 0 atom stereocenters. The van der Waals surface area contributed by atoms with E-state index in [0.717, 1.165) is 5.69 Å². The van der Waals surface area contributed by atoms with Gasteiger partial charge < -0.3 is 4.23 Å². The van der Waals surface area contributed by atoms with Crippen molar-refractivity contribution in [2.24, 2.45) is 0 Å². The maximum atomic E-state index is 4.50. The van der Waals surface area contributed by atoms with Crippen molar-refractivity contribution in [2.45, 2.75) is 38.9 Å². The van der Waals surface area contributed by atoms with Gasteiger partial charge in [-0.25, -0.2) is 0 Å². The van der Waals surface area contributed by atoms with Crippen LogP contribution in [-0.2, 0) is 0 Å². The Morgan fingerprint density at radius 2 is 1.77 bits per heavy atom. The summed E-state index contributed by atoms with van der Waals surface area (Å²) in [5.41, 5.74) is 3.42. The number of para-hydroxylation sites is 1. The molecular formula is C18H23N3Si. The first kappa shape index (κ1) is 15.0. The Balaban J connectivity index is 2.31. The Morgan fingerprint density at radius 3 is 2.41 bits per heavy atom. The van der Waals surface area contributed by atoms with E-state index < -0.39 is 8.24 Å². The van der Waals surface area contributed by atoms with Crippen molar-refractivity contribution >= 4 is 19.1 Å². The molecule has 0 saturated heterocycles. The van der Waals surface area contributed by atoms with E-state index >= 15 is 0 Å². The average molecular weight is 309 g/mol. The van der Waals surface area contributed by atoms with Gasteiger partial charge in [0.15, 0.2) is 8.24 Å². The Labute approximate surface area is 133 Å². The number of aromatic nitrogens is 3. The lowest BCUT2D eigenvalue weighted by molar-refractivity contribution is 0.703. The van der Waals surface area contributed by atoms with Gasteiger partial charge in [0.05, 0.1) is 11.9 Å². The minimum absolute atomic E-state index is 0.272. The fourth-order valence-electron chi connectivity index (χ4n) is 2.65. The van der Waals surface area contributed by atoms with Crippen molar-refractivity contribution in [3.05, 3.63) is 49.1 Å². The molecule has 0 spiro atoms. The third-order valence-electron chi connectivity index (χ3n) is 4.99. The largest absolute Gasteiger partial charge is 0.373 e. The highest BCUT2D eigenvalue weighted by Crippen LogP contribution is 2.41. The number of benzene rings is 1. The molecule has 2 aromatic heterocycles. The van der Waals surface area contributed by atoms with Crippen LogP contribution in [0.3, 0.4) is 0 Å². The fraction of sp³-hybridized carbons (Fsp3) is 0.333. The zero-order valence-corrected chi connectivity index (χ0v) is 15.0. The van der Waals surface area contributed by atoms with Gasteiger partial charge in [-0.15, -0.1) is 0 Å². The second-order valence-electron chi connectivity index (χ2n) is 7.33. The normalized spacial score (nSPS) is 12.8. The molecule has 114 valence electrons. The predicted molar refractivity (Wildman–Crippen MR) is 95.6 cm³/mol. The molecule has 4 heteroatoms. The lowest BCUT2D eigenvalue weighted by Crippen LogP contribution is -2.44. The molecule has 3 nitrogen and oxygen atoms in total. The van der Waals surface area contributed by atoms with Gasteiger partial charge in [-0.05, 0) is 11.1 Å². The van der Waals surface area contributed by atoms with Gasteiger partial charge in [-0.1, -0.05) is 52.1 Å². The van der Waals surface area contributed by atoms with Crippen LogP contribution < -0.4 is 0 Å². The Morgan fingerprint density at radius 1 is 1.05 bits per heavy atom. The van der Waals surface area contributed by atoms with Crippen LogP contribution >= 0.6 is 0 Å². The summed E-state index contributed by atoms with van der Waals surface area (Å²) in [5, 5.41) is 1.53. The van der Waals surface area contributed by atoms with Gasteiger partial charge >= 0.3 is 0 Å². The van der Waals surface area contributed by atoms with Gasteiger partial charge in [0, 0.05) is 35.1 Å². The van der Waals surface area contributed by atoms with Crippen LogP contribution in [0, 0.1) is 0 Å². The number of hydrogen-bond donors (Lipinski definition) is 0. The van der Waals surface area contributed by atoms with Crippen LogP contribution in [0.15, 0.2) is 49.1 Å². The highest BCUT2D eigenvalue weighted by molar-refractivity contribution is 6.79. The summed E-state index contributed by atoms with van der Waals surface area (Å²) in [6.45, 7) is 11.9. The van der Waals surface area contributed by atoms with E-state index in [4.69, 9.17) is 0 Å². The van der Waals surface area contributed by atoms with Gasteiger partial charge in [0.2, 0.25) is 0 Å². The van der Waals surface area contributed by atoms with Gasteiger partial charge in [-0.3, -0.25) is 9.97 Å². The first-order valence-electron chi connectivity index (χ1n) is 7.69.